The van der Waals surface area contributed by atoms with Gasteiger partial charge < -0.3 is 24.3 Å². The van der Waals surface area contributed by atoms with E-state index in [1.807, 2.05) is 92.1 Å². The fourth-order valence-corrected chi connectivity index (χ4v) is 9.63. The number of hydrogen-bond donors (Lipinski definition) is 1. The number of rotatable bonds is 11. The summed E-state index contributed by atoms with van der Waals surface area (Å²) in [6.45, 7) is 7.67. The number of aromatic nitrogens is 6. The number of nitrogens with zero attached hydrogens (tertiary/aromatic N) is 6. The molecule has 0 bridgehead atoms. The Morgan fingerprint density at radius 2 is 1.13 bits per heavy atom. The van der Waals surface area contributed by atoms with Crippen LogP contribution in [0.25, 0.3) is 21.8 Å². The first-order valence-electron chi connectivity index (χ1n) is 21.8. The summed E-state index contributed by atoms with van der Waals surface area (Å²) < 4.78 is 23.3. The molecule has 334 valence electrons. The summed E-state index contributed by atoms with van der Waals surface area (Å²) in [5, 5.41) is 2.11. The van der Waals surface area contributed by atoms with E-state index in [0.717, 1.165) is 101 Å². The molecule has 2 aromatic carbocycles. The van der Waals surface area contributed by atoms with Gasteiger partial charge in [-0.05, 0) is 69.9 Å². The van der Waals surface area contributed by atoms with Crippen LogP contribution in [-0.2, 0) is 72.6 Å². The Kier molecular flexibility index (Phi) is 12.9. The zero-order chi connectivity index (χ0) is 42.8. The number of Topliss-reactive ketones (excluding diaryl/α,β-unsaturated/α-hetero) is 2. The van der Waals surface area contributed by atoms with Gasteiger partial charge in [-0.3, -0.25) is 14.4 Å². The highest BCUT2D eigenvalue weighted by molar-refractivity contribution is 6.12. The van der Waals surface area contributed by atoms with E-state index < -0.39 is 5.54 Å². The molecule has 2 fully saturated rings. The summed E-state index contributed by atoms with van der Waals surface area (Å²) in [6.07, 6.45) is 15.3. The number of hydrogen-bond acceptors (Lipinski definition) is 7. The zero-order valence-electron chi connectivity index (χ0n) is 36.8. The fourth-order valence-electron chi connectivity index (χ4n) is 9.63. The fraction of sp³-hybridized carbons (Fsp3) is 0.458. The van der Waals surface area contributed by atoms with E-state index in [1.54, 1.807) is 0 Å². The first-order valence-corrected chi connectivity index (χ1v) is 21.8. The van der Waals surface area contributed by atoms with E-state index in [1.165, 1.54) is 0 Å². The smallest absolute Gasteiger partial charge is 0.329 e. The van der Waals surface area contributed by atoms with Gasteiger partial charge in [-0.15, -0.1) is 24.8 Å². The van der Waals surface area contributed by atoms with Crippen molar-refractivity contribution in [2.75, 3.05) is 0 Å². The molecule has 4 aromatic heterocycles. The zero-order valence-corrected chi connectivity index (χ0v) is 38.4. The lowest BCUT2D eigenvalue weighted by Gasteiger charge is -2.21. The Labute approximate surface area is 379 Å². The summed E-state index contributed by atoms with van der Waals surface area (Å²) in [7, 11) is 4.10. The number of aryl methyl sites for hydroxylation is 2. The molecule has 63 heavy (non-hydrogen) atoms. The van der Waals surface area contributed by atoms with Crippen molar-refractivity contribution in [3.05, 3.63) is 107 Å². The molecule has 0 aliphatic heterocycles. The summed E-state index contributed by atoms with van der Waals surface area (Å²) in [5.41, 5.74) is 11.2. The topological polar surface area (TPSA) is 140 Å². The highest BCUT2D eigenvalue weighted by atomic mass is 35.5. The van der Waals surface area contributed by atoms with Crippen LogP contribution in [0.15, 0.2) is 73.3 Å². The van der Waals surface area contributed by atoms with E-state index in [9.17, 15) is 19.2 Å². The molecule has 0 amide bonds. The van der Waals surface area contributed by atoms with Crippen LogP contribution in [0, 0.1) is 31.1 Å². The molecule has 2 N–H and O–H groups in total. The number of imidazole rings is 2. The number of halogens is 2. The van der Waals surface area contributed by atoms with Crippen molar-refractivity contribution in [2.45, 2.75) is 111 Å². The van der Waals surface area contributed by atoms with Gasteiger partial charge in [0.2, 0.25) is 13.5 Å². The number of fused-ring (bicyclic) bond motifs is 6. The first-order chi connectivity index (χ1) is 29.3. The Morgan fingerprint density at radius 1 is 0.698 bits per heavy atom. The minimum absolute atomic E-state index is 0. The van der Waals surface area contributed by atoms with Crippen molar-refractivity contribution in [1.82, 2.24) is 18.3 Å². The van der Waals surface area contributed by atoms with Crippen LogP contribution in [0.5, 0.6) is 0 Å². The third-order valence-corrected chi connectivity index (χ3v) is 14.3. The summed E-state index contributed by atoms with van der Waals surface area (Å²) in [4.78, 5) is 51.1. The molecule has 0 radical (unpaired) electrons. The molecule has 4 aliphatic carbocycles. The van der Waals surface area contributed by atoms with Gasteiger partial charge in [-0.25, -0.2) is 13.9 Å². The Morgan fingerprint density at radius 3 is 1.54 bits per heavy atom. The molecular formula is C48H59Cl2N7O6+2. The van der Waals surface area contributed by atoms with Gasteiger partial charge in [0.25, 0.3) is 11.6 Å². The van der Waals surface area contributed by atoms with Crippen LogP contribution in [-0.4, -0.2) is 47.3 Å². The van der Waals surface area contributed by atoms with Crippen LogP contribution in [0.1, 0.15) is 95.6 Å². The van der Waals surface area contributed by atoms with Gasteiger partial charge in [0.15, 0.2) is 11.6 Å². The number of benzene rings is 2. The maximum Gasteiger partial charge on any atom is 0.329 e. The number of esters is 2. The van der Waals surface area contributed by atoms with Crippen molar-refractivity contribution >= 4 is 70.1 Å². The lowest BCUT2D eigenvalue weighted by Crippen LogP contribution is -2.42. The predicted octanol–water partition coefficient (Wildman–Crippen LogP) is 6.57. The number of ether oxygens (including phenoxy) is 2. The maximum atomic E-state index is 13.4. The van der Waals surface area contributed by atoms with E-state index in [-0.39, 0.29) is 79.0 Å². The number of ketones is 2. The van der Waals surface area contributed by atoms with Crippen molar-refractivity contribution in [1.29, 1.82) is 0 Å². The van der Waals surface area contributed by atoms with Crippen LogP contribution in [0.2, 0.25) is 0 Å². The number of carbonyl (C=O) groups is 4. The van der Waals surface area contributed by atoms with Crippen molar-refractivity contribution in [3.8, 4) is 0 Å². The monoisotopic (exact) mass is 899 g/mol. The van der Waals surface area contributed by atoms with E-state index in [0.29, 0.717) is 25.9 Å². The van der Waals surface area contributed by atoms with Gasteiger partial charge >= 0.3 is 11.9 Å². The lowest BCUT2D eigenvalue weighted by molar-refractivity contribution is -0.733. The molecule has 10 rings (SSSR count). The molecule has 4 heterocycles. The molecule has 2 saturated carbocycles. The standard InChI is InChI=1S/C25H30N3O3.C23H27N4O3.2ClH/c1-4-25(11-12-25)24(30)31-16-28-14-13-27(17(28)2)15-18-9-10-21-22(23(18)29)19-7-5-6-8-20(19)26(21)3;1-15-26(11-12-27(15)14-30-22(29)23(24)9-10-23)13-16-7-8-19-20(21(16)28)17-5-3-4-6-18(17)25(19)2;;/h5-8,13-14,18H,4,9-12,15-16H2,1-3H3;3-6,11-12,16H,7-10,13-14,24H2,1-2H3;2*1H/q2*+1;;. The highest BCUT2D eigenvalue weighted by Crippen LogP contribution is 2.49. The van der Waals surface area contributed by atoms with E-state index in [2.05, 4.69) is 43.5 Å². The summed E-state index contributed by atoms with van der Waals surface area (Å²) in [5.74, 6) is 1.86. The second-order valence-corrected chi connectivity index (χ2v) is 17.8. The van der Waals surface area contributed by atoms with Gasteiger partial charge in [0.1, 0.15) is 43.4 Å². The number of nitrogens with two attached hydrogens (primary N) is 1. The second kappa shape index (κ2) is 17.7. The average molecular weight is 901 g/mol. The number of para-hydroxylation sites is 2. The van der Waals surface area contributed by atoms with E-state index >= 15 is 0 Å². The van der Waals surface area contributed by atoms with Crippen molar-refractivity contribution in [2.24, 2.45) is 37.1 Å². The normalized spacial score (nSPS) is 19.0. The summed E-state index contributed by atoms with van der Waals surface area (Å²) >= 11 is 0. The third kappa shape index (κ3) is 8.24. The number of carbonyl (C=O) groups excluding carboxylic acids is 4. The Hall–Kier alpha value is -5.24. The van der Waals surface area contributed by atoms with Crippen LogP contribution < -0.4 is 14.9 Å². The minimum atomic E-state index is -0.776. The Balaban J connectivity index is 0.000000183. The Bertz CT molecular complexity index is 2730. The van der Waals surface area contributed by atoms with Crippen LogP contribution in [0.3, 0.4) is 0 Å². The molecule has 4 aliphatic rings. The minimum Gasteiger partial charge on any atom is -0.424 e. The van der Waals surface area contributed by atoms with E-state index in [4.69, 9.17) is 15.2 Å². The molecule has 0 spiro atoms. The molecule has 13 nitrogen and oxygen atoms in total. The van der Waals surface area contributed by atoms with Crippen LogP contribution >= 0.6 is 24.8 Å². The highest BCUT2D eigenvalue weighted by Gasteiger charge is 2.50. The van der Waals surface area contributed by atoms with Gasteiger partial charge in [0.05, 0.1) is 17.3 Å². The molecular weight excluding hydrogens is 841 g/mol. The van der Waals surface area contributed by atoms with Gasteiger partial charge in [0, 0.05) is 72.3 Å². The van der Waals surface area contributed by atoms with Crippen molar-refractivity contribution in [3.63, 3.8) is 0 Å². The molecule has 2 unspecified atom stereocenters. The predicted molar refractivity (Wildman–Crippen MR) is 242 cm³/mol. The van der Waals surface area contributed by atoms with Crippen molar-refractivity contribution < 1.29 is 37.8 Å². The van der Waals surface area contributed by atoms with Gasteiger partial charge in [-0.1, -0.05) is 43.3 Å². The second-order valence-electron chi connectivity index (χ2n) is 17.8. The molecule has 15 heteroatoms. The third-order valence-electron chi connectivity index (χ3n) is 14.3. The largest absolute Gasteiger partial charge is 0.424 e. The SMILES string of the molecule is CCC1(C(=O)OC[n+]2ccn(CC3CCc4c(c5ccccc5n4C)C3=O)c2C)CC1.Cc1n(CC2CCc3c(c4ccccc4n3C)C2=O)cc[n+]1COC(=O)C1(N)CC1.Cl.Cl. The molecule has 6 aromatic rings. The maximum absolute atomic E-state index is 13.4. The lowest BCUT2D eigenvalue weighted by atomic mass is 9.85. The quantitative estimate of drug-likeness (QED) is 0.115. The summed E-state index contributed by atoms with van der Waals surface area (Å²) in [6, 6.07) is 16.3. The van der Waals surface area contributed by atoms with Crippen LogP contribution in [0.4, 0.5) is 0 Å². The van der Waals surface area contributed by atoms with Gasteiger partial charge in [-0.2, -0.15) is 9.13 Å². The first kappa shape index (κ1) is 45.8. The molecule has 0 saturated heterocycles. The molecule has 2 atom stereocenters. The average Bonchev–Trinajstić information content (AvgIpc) is 4.11.